The van der Waals surface area contributed by atoms with E-state index in [1.807, 2.05) is 21.1 Å². The molecule has 0 heterocycles. The fourth-order valence-electron chi connectivity index (χ4n) is 6.66. The number of esters is 2. The number of carbonyl (C=O) groups is 3. The van der Waals surface area contributed by atoms with Crippen molar-refractivity contribution in [2.75, 3.05) is 47.5 Å². The summed E-state index contributed by atoms with van der Waals surface area (Å²) in [7, 11) is 5.89. The van der Waals surface area contributed by atoms with Gasteiger partial charge in [0, 0.05) is 12.8 Å². The number of carboxylic acids is 1. The molecule has 9 nitrogen and oxygen atoms in total. The van der Waals surface area contributed by atoms with Gasteiger partial charge in [-0.05, 0) is 103 Å². The van der Waals surface area contributed by atoms with Crippen molar-refractivity contribution in [3.05, 3.63) is 109 Å². The van der Waals surface area contributed by atoms with Crippen molar-refractivity contribution >= 4 is 17.9 Å². The van der Waals surface area contributed by atoms with Crippen LogP contribution in [0, 0.1) is 0 Å². The third-order valence-electron chi connectivity index (χ3n) is 10.8. The maximum Gasteiger partial charge on any atom is 0.306 e. The van der Waals surface area contributed by atoms with Crippen LogP contribution in [-0.4, -0.2) is 82.3 Å². The number of aliphatic carboxylic acids is 1. The highest BCUT2D eigenvalue weighted by atomic mass is 16.7. The van der Waals surface area contributed by atoms with Crippen molar-refractivity contribution < 1.29 is 42.9 Å². The van der Waals surface area contributed by atoms with Crippen molar-refractivity contribution in [2.24, 2.45) is 0 Å². The molecule has 0 aromatic rings. The van der Waals surface area contributed by atoms with Crippen LogP contribution in [0.2, 0.25) is 0 Å². The lowest BCUT2D eigenvalue weighted by Gasteiger charge is -2.26. The van der Waals surface area contributed by atoms with E-state index in [4.69, 9.17) is 18.9 Å². The monoisotopic (exact) mass is 948 g/mol. The first-order valence-electron chi connectivity index (χ1n) is 26.5. The molecule has 0 radical (unpaired) electrons. The van der Waals surface area contributed by atoms with Crippen LogP contribution in [-0.2, 0) is 33.3 Å². The van der Waals surface area contributed by atoms with Gasteiger partial charge in [-0.15, -0.1) is 0 Å². The quantitative estimate of drug-likeness (QED) is 0.0195. The van der Waals surface area contributed by atoms with Crippen molar-refractivity contribution in [3.8, 4) is 0 Å². The number of carboxylic acid groups (broad SMARTS) is 1. The van der Waals surface area contributed by atoms with Gasteiger partial charge in [-0.3, -0.25) is 9.59 Å². The SMILES string of the molecule is CC/C=C\C/C=C\C/C=C\C/C=C\C/C=C\C/C=C\C/C=C\CCCCCC(=O)OC(COC(=O)CCCCCCCCC/C=C\C/C=C\CCCCCC)COC(OCC[N+](C)(C)C)C(=O)[O-]. The van der Waals surface area contributed by atoms with Crippen LogP contribution >= 0.6 is 0 Å². The molecule has 0 aliphatic rings. The minimum atomic E-state index is -1.64. The number of likely N-dealkylation sites (N-methyl/N-ethyl adjacent to an activating group) is 1. The van der Waals surface area contributed by atoms with Crippen LogP contribution in [0.4, 0.5) is 0 Å². The zero-order valence-electron chi connectivity index (χ0n) is 43.7. The second kappa shape index (κ2) is 49.4. The van der Waals surface area contributed by atoms with E-state index < -0.39 is 24.3 Å². The van der Waals surface area contributed by atoms with E-state index in [0.717, 1.165) is 103 Å². The molecule has 0 aromatic heterocycles. The zero-order valence-corrected chi connectivity index (χ0v) is 43.7. The van der Waals surface area contributed by atoms with E-state index in [1.165, 1.54) is 51.4 Å². The van der Waals surface area contributed by atoms with Crippen LogP contribution in [0.5, 0.6) is 0 Å². The highest BCUT2D eigenvalue weighted by Gasteiger charge is 2.21. The number of ether oxygens (including phenoxy) is 4. The van der Waals surface area contributed by atoms with Crippen molar-refractivity contribution in [3.63, 3.8) is 0 Å². The molecule has 0 aromatic carbocycles. The summed E-state index contributed by atoms with van der Waals surface area (Å²) in [5.74, 6) is -2.35. The first-order valence-corrected chi connectivity index (χ1v) is 26.5. The second-order valence-electron chi connectivity index (χ2n) is 18.4. The molecule has 0 saturated heterocycles. The number of carbonyl (C=O) groups excluding carboxylic acids is 3. The van der Waals surface area contributed by atoms with Gasteiger partial charge in [-0.25, -0.2) is 0 Å². The second-order valence-corrected chi connectivity index (χ2v) is 18.4. The number of hydrogen-bond acceptors (Lipinski definition) is 8. The largest absolute Gasteiger partial charge is 0.545 e. The van der Waals surface area contributed by atoms with E-state index in [-0.39, 0.29) is 38.6 Å². The van der Waals surface area contributed by atoms with Gasteiger partial charge in [-0.2, -0.15) is 0 Å². The van der Waals surface area contributed by atoms with Crippen LogP contribution in [0.1, 0.15) is 187 Å². The molecule has 0 spiro atoms. The number of hydrogen-bond donors (Lipinski definition) is 0. The number of allylic oxidation sites excluding steroid dienone is 18. The summed E-state index contributed by atoms with van der Waals surface area (Å²) in [6.07, 6.45) is 64.1. The van der Waals surface area contributed by atoms with Crippen molar-refractivity contribution in [1.82, 2.24) is 0 Å². The van der Waals surface area contributed by atoms with Gasteiger partial charge in [0.1, 0.15) is 13.2 Å². The van der Waals surface area contributed by atoms with Crippen LogP contribution < -0.4 is 5.11 Å². The average molecular weight is 948 g/mol. The molecule has 0 amide bonds. The number of nitrogens with zero attached hydrogens (tertiary/aromatic N) is 1. The molecule has 0 aliphatic carbocycles. The molecule has 9 heteroatoms. The molecule has 386 valence electrons. The molecule has 2 atom stereocenters. The summed E-state index contributed by atoms with van der Waals surface area (Å²) in [5, 5.41) is 11.7. The summed E-state index contributed by atoms with van der Waals surface area (Å²) in [6, 6.07) is 0. The third kappa shape index (κ3) is 49.8. The van der Waals surface area contributed by atoms with Crippen LogP contribution in [0.15, 0.2) is 109 Å². The summed E-state index contributed by atoms with van der Waals surface area (Å²) in [5.41, 5.74) is 0. The van der Waals surface area contributed by atoms with E-state index in [2.05, 4.69) is 123 Å². The lowest BCUT2D eigenvalue weighted by Crippen LogP contribution is -2.44. The maximum atomic E-state index is 12.8. The predicted molar refractivity (Wildman–Crippen MR) is 283 cm³/mol. The summed E-state index contributed by atoms with van der Waals surface area (Å²) in [4.78, 5) is 37.2. The van der Waals surface area contributed by atoms with Crippen LogP contribution in [0.25, 0.3) is 0 Å². The summed E-state index contributed by atoms with van der Waals surface area (Å²) in [6.45, 7) is 4.54. The van der Waals surface area contributed by atoms with Gasteiger partial charge in [-0.1, -0.05) is 181 Å². The molecule has 2 unspecified atom stereocenters. The number of unbranched alkanes of at least 4 members (excludes halogenated alkanes) is 14. The third-order valence-corrected chi connectivity index (χ3v) is 10.8. The molecular formula is C59H97NO8. The molecule has 68 heavy (non-hydrogen) atoms. The van der Waals surface area contributed by atoms with Crippen molar-refractivity contribution in [1.29, 1.82) is 0 Å². The normalized spacial score (nSPS) is 13.7. The Morgan fingerprint density at radius 1 is 0.456 bits per heavy atom. The highest BCUT2D eigenvalue weighted by molar-refractivity contribution is 5.70. The van der Waals surface area contributed by atoms with E-state index in [1.54, 1.807) is 0 Å². The fourth-order valence-corrected chi connectivity index (χ4v) is 6.66. The zero-order chi connectivity index (χ0) is 49.9. The molecule has 0 saturated carbocycles. The average Bonchev–Trinajstić information content (AvgIpc) is 3.30. The predicted octanol–water partition coefficient (Wildman–Crippen LogP) is 13.8. The Bertz CT molecular complexity index is 1480. The first kappa shape index (κ1) is 64.0. The minimum Gasteiger partial charge on any atom is -0.545 e. The summed E-state index contributed by atoms with van der Waals surface area (Å²) >= 11 is 0. The standard InChI is InChI=1S/C59H97NO8/c1-6-8-10-12-14-16-18-20-22-24-26-27-28-29-30-31-32-34-36-38-40-42-44-46-48-50-57(62)68-55(54-67-59(58(63)64)65-52-51-60(3,4)5)53-66-56(61)49-47-45-43-41-39-37-35-33-25-23-21-19-17-15-13-11-9-7-2/h8,10,14,16-17,19-20,22-23,25-27,29-30,32,34,38,40,55,59H,6-7,9,11-13,15,18,21,24,28,31,33,35-37,39,41-54H2,1-5H3/b10-8-,16-14-,19-17-,22-20-,25-23-,27-26-,30-29-,34-32-,40-38-. The van der Waals surface area contributed by atoms with E-state index in [9.17, 15) is 19.5 Å². The molecule has 0 N–H and O–H groups in total. The van der Waals surface area contributed by atoms with Gasteiger partial charge >= 0.3 is 11.9 Å². The Morgan fingerprint density at radius 3 is 1.26 bits per heavy atom. The lowest BCUT2D eigenvalue weighted by molar-refractivity contribution is -0.870. The van der Waals surface area contributed by atoms with Gasteiger partial charge in [0.2, 0.25) is 0 Å². The minimum absolute atomic E-state index is 0.133. The smallest absolute Gasteiger partial charge is 0.306 e. The first-order chi connectivity index (χ1) is 33.1. The van der Waals surface area contributed by atoms with Crippen LogP contribution in [0.3, 0.4) is 0 Å². The Hall–Kier alpha value is -4.05. The number of quaternary nitrogens is 1. The Morgan fingerprint density at radius 2 is 0.838 bits per heavy atom. The van der Waals surface area contributed by atoms with Gasteiger partial charge in [0.25, 0.3) is 0 Å². The van der Waals surface area contributed by atoms with Gasteiger partial charge in [0.05, 0.1) is 40.3 Å². The Balaban J connectivity index is 4.44. The Labute approximate surface area is 415 Å². The van der Waals surface area contributed by atoms with E-state index in [0.29, 0.717) is 17.4 Å². The molecular weight excluding hydrogens is 851 g/mol. The lowest BCUT2D eigenvalue weighted by atomic mass is 10.1. The van der Waals surface area contributed by atoms with Gasteiger partial charge < -0.3 is 33.3 Å². The Kier molecular flexibility index (Phi) is 46.4. The summed E-state index contributed by atoms with van der Waals surface area (Å²) < 4.78 is 22.6. The molecule has 0 aliphatic heterocycles. The van der Waals surface area contributed by atoms with Crippen molar-refractivity contribution in [2.45, 2.75) is 200 Å². The topological polar surface area (TPSA) is 111 Å². The number of rotatable bonds is 47. The van der Waals surface area contributed by atoms with Gasteiger partial charge in [0.15, 0.2) is 12.4 Å². The maximum absolute atomic E-state index is 12.8. The molecule has 0 fully saturated rings. The molecule has 0 bridgehead atoms. The molecule has 0 rings (SSSR count). The fraction of sp³-hybridized carbons (Fsp3) is 0.644. The highest BCUT2D eigenvalue weighted by Crippen LogP contribution is 2.13. The van der Waals surface area contributed by atoms with E-state index >= 15 is 0 Å².